The smallest absolute Gasteiger partial charge is 0.259 e. The van der Waals surface area contributed by atoms with E-state index in [0.717, 1.165) is 22.5 Å². The SMILES string of the molecule is CCN(C(=O)c1cncc(C(=O)Nc2c(C)cccc2C)c1)c1ccccc1. The summed E-state index contributed by atoms with van der Waals surface area (Å²) in [5.74, 6) is -0.481. The van der Waals surface area contributed by atoms with E-state index in [-0.39, 0.29) is 11.8 Å². The molecule has 0 unspecified atom stereocenters. The second kappa shape index (κ2) is 8.48. The number of pyridine rings is 1. The van der Waals surface area contributed by atoms with Crippen molar-refractivity contribution in [2.45, 2.75) is 20.8 Å². The van der Waals surface area contributed by atoms with Crippen LogP contribution in [-0.4, -0.2) is 23.3 Å². The maximum atomic E-state index is 13.0. The van der Waals surface area contributed by atoms with Gasteiger partial charge in [-0.2, -0.15) is 0 Å². The van der Waals surface area contributed by atoms with Crippen LogP contribution in [0, 0.1) is 13.8 Å². The molecule has 0 saturated carbocycles. The quantitative estimate of drug-likeness (QED) is 0.710. The minimum Gasteiger partial charge on any atom is -0.321 e. The second-order valence-corrected chi connectivity index (χ2v) is 6.57. The Kier molecular flexibility index (Phi) is 5.84. The molecule has 2 aromatic carbocycles. The Labute approximate surface area is 165 Å². The third-order valence-electron chi connectivity index (χ3n) is 4.60. The Morgan fingerprint density at radius 1 is 0.929 bits per heavy atom. The van der Waals surface area contributed by atoms with E-state index in [1.807, 2.05) is 69.3 Å². The average molecular weight is 373 g/mol. The Morgan fingerprint density at radius 3 is 2.21 bits per heavy atom. The van der Waals surface area contributed by atoms with Crippen LogP contribution in [0.1, 0.15) is 38.8 Å². The maximum Gasteiger partial charge on any atom is 0.259 e. The molecule has 0 aliphatic heterocycles. The van der Waals surface area contributed by atoms with Crippen molar-refractivity contribution in [1.82, 2.24) is 4.98 Å². The molecule has 28 heavy (non-hydrogen) atoms. The zero-order valence-corrected chi connectivity index (χ0v) is 16.3. The number of amides is 2. The standard InChI is InChI=1S/C23H23N3O2/c1-4-26(20-11-6-5-7-12-20)23(28)19-13-18(14-24-15-19)22(27)25-21-16(2)9-8-10-17(21)3/h5-15H,4H2,1-3H3,(H,25,27). The van der Waals surface area contributed by atoms with E-state index in [0.29, 0.717) is 17.7 Å². The summed E-state index contributed by atoms with van der Waals surface area (Å²) < 4.78 is 0. The number of aryl methyl sites for hydroxylation is 2. The molecule has 5 heteroatoms. The normalized spacial score (nSPS) is 10.4. The maximum absolute atomic E-state index is 13.0. The first kappa shape index (κ1) is 19.3. The number of carbonyl (C=O) groups is 2. The topological polar surface area (TPSA) is 62.3 Å². The molecule has 0 saturated heterocycles. The summed E-state index contributed by atoms with van der Waals surface area (Å²) in [6, 6.07) is 16.9. The lowest BCUT2D eigenvalue weighted by atomic mass is 10.1. The van der Waals surface area contributed by atoms with Crippen LogP contribution in [0.15, 0.2) is 67.0 Å². The van der Waals surface area contributed by atoms with Crippen LogP contribution in [0.4, 0.5) is 11.4 Å². The molecule has 0 bridgehead atoms. The van der Waals surface area contributed by atoms with Crippen molar-refractivity contribution >= 4 is 23.2 Å². The highest BCUT2D eigenvalue weighted by atomic mass is 16.2. The first-order chi connectivity index (χ1) is 13.5. The first-order valence-corrected chi connectivity index (χ1v) is 9.20. The van der Waals surface area contributed by atoms with Crippen molar-refractivity contribution in [3.05, 3.63) is 89.2 Å². The number of nitrogens with zero attached hydrogens (tertiary/aromatic N) is 2. The minimum absolute atomic E-state index is 0.192. The van der Waals surface area contributed by atoms with Gasteiger partial charge in [0.05, 0.1) is 11.1 Å². The molecule has 0 spiro atoms. The van der Waals surface area contributed by atoms with Crippen molar-refractivity contribution in [1.29, 1.82) is 0 Å². The van der Waals surface area contributed by atoms with Crippen LogP contribution >= 0.6 is 0 Å². The molecule has 2 amide bonds. The number of para-hydroxylation sites is 2. The van der Waals surface area contributed by atoms with Gasteiger partial charge < -0.3 is 10.2 Å². The third kappa shape index (κ3) is 4.09. The van der Waals surface area contributed by atoms with Crippen LogP contribution < -0.4 is 10.2 Å². The monoisotopic (exact) mass is 373 g/mol. The number of hydrogen-bond acceptors (Lipinski definition) is 3. The summed E-state index contributed by atoms with van der Waals surface area (Å²) in [6.45, 7) is 6.32. The van der Waals surface area contributed by atoms with Gasteiger partial charge in [-0.05, 0) is 50.1 Å². The molecule has 142 valence electrons. The zero-order valence-electron chi connectivity index (χ0n) is 16.3. The van der Waals surface area contributed by atoms with E-state index in [4.69, 9.17) is 0 Å². The van der Waals surface area contributed by atoms with E-state index in [9.17, 15) is 9.59 Å². The summed E-state index contributed by atoms with van der Waals surface area (Å²) in [6.07, 6.45) is 2.96. The summed E-state index contributed by atoms with van der Waals surface area (Å²) in [5, 5.41) is 2.93. The number of hydrogen-bond donors (Lipinski definition) is 1. The summed E-state index contributed by atoms with van der Waals surface area (Å²) >= 11 is 0. The molecule has 1 N–H and O–H groups in total. The number of anilines is 2. The van der Waals surface area contributed by atoms with E-state index in [2.05, 4.69) is 10.3 Å². The zero-order chi connectivity index (χ0) is 20.1. The lowest BCUT2D eigenvalue weighted by molar-refractivity contribution is 0.0988. The predicted octanol–water partition coefficient (Wildman–Crippen LogP) is 4.62. The van der Waals surface area contributed by atoms with Gasteiger partial charge in [0.2, 0.25) is 0 Å². The van der Waals surface area contributed by atoms with Crippen molar-refractivity contribution in [3.8, 4) is 0 Å². The molecule has 0 fully saturated rings. The van der Waals surface area contributed by atoms with E-state index in [1.54, 1.807) is 11.0 Å². The number of carbonyl (C=O) groups excluding carboxylic acids is 2. The van der Waals surface area contributed by atoms with Crippen molar-refractivity contribution in [2.24, 2.45) is 0 Å². The van der Waals surface area contributed by atoms with Crippen LogP contribution in [-0.2, 0) is 0 Å². The fraction of sp³-hybridized carbons (Fsp3) is 0.174. The largest absolute Gasteiger partial charge is 0.321 e. The highest BCUT2D eigenvalue weighted by Gasteiger charge is 2.18. The van der Waals surface area contributed by atoms with Gasteiger partial charge in [0.25, 0.3) is 11.8 Å². The molecular formula is C23H23N3O2. The summed E-state index contributed by atoms with van der Waals surface area (Å²) in [4.78, 5) is 31.5. The van der Waals surface area contributed by atoms with Crippen LogP contribution in [0.5, 0.6) is 0 Å². The molecular weight excluding hydrogens is 350 g/mol. The Hall–Kier alpha value is -3.47. The molecule has 0 atom stereocenters. The molecule has 3 aromatic rings. The van der Waals surface area contributed by atoms with Gasteiger partial charge in [0, 0.05) is 30.3 Å². The Bertz CT molecular complexity index is 979. The summed E-state index contributed by atoms with van der Waals surface area (Å²) in [7, 11) is 0. The van der Waals surface area contributed by atoms with Crippen LogP contribution in [0.2, 0.25) is 0 Å². The molecule has 5 nitrogen and oxygen atoms in total. The molecule has 1 heterocycles. The summed E-state index contributed by atoms with van der Waals surface area (Å²) in [5.41, 5.74) is 4.27. The fourth-order valence-corrected chi connectivity index (χ4v) is 3.09. The molecule has 0 aliphatic carbocycles. The number of nitrogens with one attached hydrogen (secondary N) is 1. The molecule has 0 aliphatic rings. The first-order valence-electron chi connectivity index (χ1n) is 9.20. The predicted molar refractivity (Wildman–Crippen MR) is 112 cm³/mol. The van der Waals surface area contributed by atoms with Gasteiger partial charge in [0.1, 0.15) is 0 Å². The van der Waals surface area contributed by atoms with Gasteiger partial charge in [0.15, 0.2) is 0 Å². The van der Waals surface area contributed by atoms with Crippen molar-refractivity contribution in [3.63, 3.8) is 0 Å². The number of aromatic nitrogens is 1. The van der Waals surface area contributed by atoms with Crippen LogP contribution in [0.3, 0.4) is 0 Å². The van der Waals surface area contributed by atoms with Gasteiger partial charge in [-0.3, -0.25) is 14.6 Å². The third-order valence-corrected chi connectivity index (χ3v) is 4.60. The molecule has 1 aromatic heterocycles. The van der Waals surface area contributed by atoms with Crippen molar-refractivity contribution < 1.29 is 9.59 Å². The number of rotatable bonds is 5. The lowest BCUT2D eigenvalue weighted by Crippen LogP contribution is -2.31. The minimum atomic E-state index is -0.290. The Morgan fingerprint density at radius 2 is 1.57 bits per heavy atom. The number of benzene rings is 2. The van der Waals surface area contributed by atoms with Gasteiger partial charge in [-0.1, -0.05) is 36.4 Å². The van der Waals surface area contributed by atoms with E-state index >= 15 is 0 Å². The second-order valence-electron chi connectivity index (χ2n) is 6.57. The van der Waals surface area contributed by atoms with Gasteiger partial charge >= 0.3 is 0 Å². The average Bonchev–Trinajstić information content (AvgIpc) is 2.72. The van der Waals surface area contributed by atoms with E-state index < -0.39 is 0 Å². The molecule has 0 radical (unpaired) electrons. The highest BCUT2D eigenvalue weighted by molar-refractivity contribution is 6.09. The van der Waals surface area contributed by atoms with Crippen LogP contribution in [0.25, 0.3) is 0 Å². The van der Waals surface area contributed by atoms with E-state index in [1.165, 1.54) is 12.4 Å². The molecule has 3 rings (SSSR count). The van der Waals surface area contributed by atoms with Gasteiger partial charge in [-0.25, -0.2) is 0 Å². The fourth-order valence-electron chi connectivity index (χ4n) is 3.09. The van der Waals surface area contributed by atoms with Crippen molar-refractivity contribution in [2.75, 3.05) is 16.8 Å². The van der Waals surface area contributed by atoms with Gasteiger partial charge in [-0.15, -0.1) is 0 Å². The highest BCUT2D eigenvalue weighted by Crippen LogP contribution is 2.21. The lowest BCUT2D eigenvalue weighted by Gasteiger charge is -2.21. The Balaban J connectivity index is 1.85.